The molecule has 5 rings (SSSR count). The summed E-state index contributed by atoms with van der Waals surface area (Å²) in [5.74, 6) is 0.394. The second kappa shape index (κ2) is 12.0. The number of thioether (sulfide) groups is 1. The maximum absolute atomic E-state index is 13.0. The molecular formula is C31H24N2O4S2. The van der Waals surface area contributed by atoms with Crippen LogP contribution in [0.2, 0.25) is 0 Å². The van der Waals surface area contributed by atoms with Gasteiger partial charge in [0.2, 0.25) is 0 Å². The molecule has 2 amide bonds. The number of anilines is 2. The molecule has 0 unspecified atom stereocenters. The van der Waals surface area contributed by atoms with Crippen LogP contribution in [0, 0.1) is 0 Å². The molecule has 39 heavy (non-hydrogen) atoms. The second-order valence-corrected chi connectivity index (χ2v) is 10.2. The van der Waals surface area contributed by atoms with Crippen molar-refractivity contribution >= 4 is 57.6 Å². The Kier molecular flexibility index (Phi) is 8.05. The molecule has 0 radical (unpaired) electrons. The lowest BCUT2D eigenvalue weighted by Crippen LogP contribution is -2.27. The first kappa shape index (κ1) is 26.2. The minimum absolute atomic E-state index is 0.177. The van der Waals surface area contributed by atoms with Crippen LogP contribution in [0.4, 0.5) is 11.4 Å². The molecule has 194 valence electrons. The minimum atomic E-state index is -0.293. The maximum Gasteiger partial charge on any atom is 0.270 e. The number of hydrogen-bond acceptors (Lipinski definition) is 6. The predicted molar refractivity (Wildman–Crippen MR) is 161 cm³/mol. The van der Waals surface area contributed by atoms with Gasteiger partial charge in [-0.1, -0.05) is 90.7 Å². The molecule has 0 aliphatic carbocycles. The molecule has 0 saturated carbocycles. The lowest BCUT2D eigenvalue weighted by Gasteiger charge is -2.14. The number of rotatable bonds is 8. The summed E-state index contributed by atoms with van der Waals surface area (Å²) in [6.07, 6.45) is 1.76. The van der Waals surface area contributed by atoms with E-state index in [-0.39, 0.29) is 18.4 Å². The molecule has 1 heterocycles. The molecule has 4 aromatic rings. The van der Waals surface area contributed by atoms with Crippen molar-refractivity contribution in [3.63, 3.8) is 0 Å². The summed E-state index contributed by atoms with van der Waals surface area (Å²) < 4.78 is 11.7. The number of hydrogen-bond donors (Lipinski definition) is 1. The third-order valence-corrected chi connectivity index (χ3v) is 7.23. The van der Waals surface area contributed by atoms with Gasteiger partial charge in [-0.15, -0.1) is 0 Å². The van der Waals surface area contributed by atoms with Crippen molar-refractivity contribution in [2.45, 2.75) is 0 Å². The summed E-state index contributed by atoms with van der Waals surface area (Å²) in [6, 6.07) is 32.2. The van der Waals surface area contributed by atoms with Crippen molar-refractivity contribution in [1.82, 2.24) is 0 Å². The molecule has 0 spiro atoms. The number of benzene rings is 4. The van der Waals surface area contributed by atoms with E-state index in [9.17, 15) is 9.59 Å². The van der Waals surface area contributed by atoms with Gasteiger partial charge in [0.25, 0.3) is 11.8 Å². The van der Waals surface area contributed by atoms with Crippen LogP contribution in [-0.2, 0) is 9.59 Å². The summed E-state index contributed by atoms with van der Waals surface area (Å²) in [6.45, 7) is -0.189. The fourth-order valence-corrected chi connectivity index (χ4v) is 5.33. The van der Waals surface area contributed by atoms with E-state index < -0.39 is 0 Å². The first-order valence-electron chi connectivity index (χ1n) is 12.1. The third-order valence-electron chi connectivity index (χ3n) is 5.93. The van der Waals surface area contributed by atoms with Crippen molar-refractivity contribution < 1.29 is 19.1 Å². The maximum atomic E-state index is 13.0. The van der Waals surface area contributed by atoms with Gasteiger partial charge in [0.05, 0.1) is 17.7 Å². The number of para-hydroxylation sites is 1. The van der Waals surface area contributed by atoms with Crippen LogP contribution in [0.5, 0.6) is 11.5 Å². The Morgan fingerprint density at radius 2 is 1.56 bits per heavy atom. The first-order valence-corrected chi connectivity index (χ1v) is 13.3. The van der Waals surface area contributed by atoms with Gasteiger partial charge in [-0.2, -0.15) is 0 Å². The molecule has 1 aliphatic rings. The highest BCUT2D eigenvalue weighted by atomic mass is 32.2. The first-order chi connectivity index (χ1) is 19.0. The van der Waals surface area contributed by atoms with E-state index >= 15 is 0 Å². The lowest BCUT2D eigenvalue weighted by atomic mass is 10.1. The Labute approximate surface area is 236 Å². The average Bonchev–Trinajstić information content (AvgIpc) is 3.25. The van der Waals surface area contributed by atoms with Crippen LogP contribution in [-0.4, -0.2) is 29.9 Å². The quantitative estimate of drug-likeness (QED) is 0.192. The number of methoxy groups -OCH3 is 1. The lowest BCUT2D eigenvalue weighted by molar-refractivity contribution is -0.118. The van der Waals surface area contributed by atoms with E-state index in [4.69, 9.17) is 21.7 Å². The van der Waals surface area contributed by atoms with Crippen LogP contribution in [0.1, 0.15) is 5.56 Å². The van der Waals surface area contributed by atoms with Crippen LogP contribution in [0.3, 0.4) is 0 Å². The number of nitrogens with one attached hydrogen (secondary N) is 1. The second-order valence-electron chi connectivity index (χ2n) is 8.54. The van der Waals surface area contributed by atoms with Gasteiger partial charge in [-0.25, -0.2) is 0 Å². The van der Waals surface area contributed by atoms with Gasteiger partial charge in [0.15, 0.2) is 22.4 Å². The highest BCUT2D eigenvalue weighted by Crippen LogP contribution is 2.37. The number of carbonyl (C=O) groups excluding carboxylic acids is 2. The number of thiocarbonyl (C=S) groups is 1. The zero-order valence-corrected chi connectivity index (χ0v) is 22.6. The Balaban J connectivity index is 1.21. The molecule has 4 aromatic carbocycles. The molecule has 1 N–H and O–H groups in total. The van der Waals surface area contributed by atoms with Crippen molar-refractivity contribution in [3.05, 3.63) is 114 Å². The van der Waals surface area contributed by atoms with E-state index in [1.165, 1.54) is 23.8 Å². The topological polar surface area (TPSA) is 67.9 Å². The largest absolute Gasteiger partial charge is 0.493 e. The fourth-order valence-electron chi connectivity index (χ4n) is 4.03. The Hall–Kier alpha value is -4.40. The monoisotopic (exact) mass is 552 g/mol. The van der Waals surface area contributed by atoms with Crippen LogP contribution in [0.15, 0.2) is 108 Å². The summed E-state index contributed by atoms with van der Waals surface area (Å²) in [4.78, 5) is 27.6. The third kappa shape index (κ3) is 6.19. The number of ether oxygens (including phenoxy) is 2. The predicted octanol–water partition coefficient (Wildman–Crippen LogP) is 6.79. The normalized spacial score (nSPS) is 14.0. The van der Waals surface area contributed by atoms with E-state index in [1.54, 1.807) is 24.3 Å². The highest BCUT2D eigenvalue weighted by molar-refractivity contribution is 8.27. The van der Waals surface area contributed by atoms with Gasteiger partial charge in [-0.3, -0.25) is 14.5 Å². The van der Waals surface area contributed by atoms with Gasteiger partial charge in [0, 0.05) is 5.69 Å². The SMILES string of the molecule is COc1cc(/C=C2\SC(=S)N(c3ccccc3)C2=O)ccc1OCC(=O)Nc1ccc(-c2ccccc2)cc1. The zero-order valence-electron chi connectivity index (χ0n) is 21.0. The number of amides is 2. The Morgan fingerprint density at radius 3 is 2.26 bits per heavy atom. The molecule has 8 heteroatoms. The average molecular weight is 553 g/mol. The van der Waals surface area contributed by atoms with Crippen molar-refractivity contribution in [2.75, 3.05) is 23.9 Å². The van der Waals surface area contributed by atoms with Crippen molar-refractivity contribution in [1.29, 1.82) is 0 Å². The van der Waals surface area contributed by atoms with Gasteiger partial charge >= 0.3 is 0 Å². The zero-order chi connectivity index (χ0) is 27.2. The van der Waals surface area contributed by atoms with E-state index in [0.29, 0.717) is 26.4 Å². The summed E-state index contributed by atoms with van der Waals surface area (Å²) in [7, 11) is 1.52. The van der Waals surface area contributed by atoms with Crippen molar-refractivity contribution in [2.24, 2.45) is 0 Å². The molecule has 1 saturated heterocycles. The van der Waals surface area contributed by atoms with Gasteiger partial charge in [-0.05, 0) is 59.2 Å². The van der Waals surface area contributed by atoms with Crippen LogP contribution < -0.4 is 19.7 Å². The molecular weight excluding hydrogens is 528 g/mol. The van der Waals surface area contributed by atoms with E-state index in [2.05, 4.69) is 5.32 Å². The standard InChI is InChI=1S/C31H24N2O4S2/c1-36-27-18-21(19-28-30(35)33(31(38)39-28)25-10-6-3-7-11-25)12-17-26(27)37-20-29(34)32-24-15-13-23(14-16-24)22-8-4-2-5-9-22/h2-19H,20H2,1H3,(H,32,34)/b28-19-. The van der Waals surface area contributed by atoms with Crippen LogP contribution in [0.25, 0.3) is 17.2 Å². The number of nitrogens with zero attached hydrogens (tertiary/aromatic N) is 1. The van der Waals surface area contributed by atoms with E-state index in [1.807, 2.05) is 84.9 Å². The van der Waals surface area contributed by atoms with E-state index in [0.717, 1.165) is 22.4 Å². The van der Waals surface area contributed by atoms with Crippen molar-refractivity contribution in [3.8, 4) is 22.6 Å². The van der Waals surface area contributed by atoms with Crippen LogP contribution >= 0.6 is 24.0 Å². The summed E-state index contributed by atoms with van der Waals surface area (Å²) in [5, 5.41) is 2.84. The summed E-state index contributed by atoms with van der Waals surface area (Å²) >= 11 is 6.69. The molecule has 0 bridgehead atoms. The molecule has 0 aromatic heterocycles. The minimum Gasteiger partial charge on any atom is -0.493 e. The van der Waals surface area contributed by atoms with Gasteiger partial charge in [0.1, 0.15) is 0 Å². The summed E-state index contributed by atoms with van der Waals surface area (Å²) in [5.41, 5.74) is 4.33. The Bertz CT molecular complexity index is 1540. The molecule has 1 aliphatic heterocycles. The Morgan fingerprint density at radius 1 is 0.897 bits per heavy atom. The molecule has 6 nitrogen and oxygen atoms in total. The highest BCUT2D eigenvalue weighted by Gasteiger charge is 2.33. The number of carbonyl (C=O) groups is 2. The molecule has 1 fully saturated rings. The molecule has 0 atom stereocenters. The smallest absolute Gasteiger partial charge is 0.270 e. The fraction of sp³-hybridized carbons (Fsp3) is 0.0645. The van der Waals surface area contributed by atoms with Gasteiger partial charge < -0.3 is 14.8 Å².